The van der Waals surface area contributed by atoms with E-state index in [2.05, 4.69) is 22.5 Å². The van der Waals surface area contributed by atoms with Crippen LogP contribution in [0.4, 0.5) is 5.82 Å². The van der Waals surface area contributed by atoms with Crippen LogP contribution in [-0.2, 0) is 12.8 Å². The molecular weight excluding hydrogens is 452 g/mol. The summed E-state index contributed by atoms with van der Waals surface area (Å²) in [7, 11) is 4.56. The number of benzene rings is 2. The standard InChI is InChI=1S/C25H26N4O4S/c1-14-9-22(27-24(30)17-11-19(31-2)23(33-4)20(12-17)32-3)29(28-14)25-26-18-10-15-7-5-6-8-16(15)13-21(18)34-25/h9-13H,5-8H2,1-4H3,(H,27,30). The van der Waals surface area contributed by atoms with E-state index >= 15 is 0 Å². The fraction of sp³-hybridized carbons (Fsp3) is 0.320. The van der Waals surface area contributed by atoms with Gasteiger partial charge in [0.2, 0.25) is 10.9 Å². The van der Waals surface area contributed by atoms with E-state index in [1.54, 1.807) is 28.2 Å². The van der Waals surface area contributed by atoms with Gasteiger partial charge in [0.15, 0.2) is 11.5 Å². The number of hydrogen-bond acceptors (Lipinski definition) is 7. The Morgan fingerprint density at radius 2 is 1.65 bits per heavy atom. The van der Waals surface area contributed by atoms with Crippen molar-refractivity contribution >= 4 is 33.3 Å². The lowest BCUT2D eigenvalue weighted by molar-refractivity contribution is 0.102. The second-order valence-electron chi connectivity index (χ2n) is 8.24. The number of fused-ring (bicyclic) bond motifs is 2. The SMILES string of the molecule is COc1cc(C(=O)Nc2cc(C)nn2-c2nc3cc4c(cc3s2)CCCC4)cc(OC)c1OC. The molecule has 0 saturated carbocycles. The Bertz CT molecular complexity index is 1320. The molecule has 0 radical (unpaired) electrons. The van der Waals surface area contributed by atoms with Gasteiger partial charge in [-0.1, -0.05) is 11.3 Å². The van der Waals surface area contributed by atoms with Crippen LogP contribution < -0.4 is 19.5 Å². The molecule has 5 rings (SSSR count). The summed E-state index contributed by atoms with van der Waals surface area (Å²) in [5.74, 6) is 1.47. The minimum absolute atomic E-state index is 0.322. The maximum Gasteiger partial charge on any atom is 0.257 e. The number of methoxy groups -OCH3 is 3. The highest BCUT2D eigenvalue weighted by molar-refractivity contribution is 7.20. The van der Waals surface area contributed by atoms with Crippen LogP contribution in [0.5, 0.6) is 17.2 Å². The first-order chi connectivity index (χ1) is 16.5. The van der Waals surface area contributed by atoms with Crippen molar-refractivity contribution in [1.82, 2.24) is 14.8 Å². The normalized spacial score (nSPS) is 12.9. The number of hydrogen-bond donors (Lipinski definition) is 1. The Labute approximate surface area is 201 Å². The fourth-order valence-electron chi connectivity index (χ4n) is 4.37. The summed E-state index contributed by atoms with van der Waals surface area (Å²) >= 11 is 1.57. The first kappa shape index (κ1) is 22.2. The van der Waals surface area contributed by atoms with Crippen molar-refractivity contribution in [1.29, 1.82) is 0 Å². The van der Waals surface area contributed by atoms with Crippen molar-refractivity contribution in [2.45, 2.75) is 32.6 Å². The Morgan fingerprint density at radius 1 is 0.971 bits per heavy atom. The number of anilines is 1. The topological polar surface area (TPSA) is 87.5 Å². The molecule has 0 bridgehead atoms. The smallest absolute Gasteiger partial charge is 0.257 e. The summed E-state index contributed by atoms with van der Waals surface area (Å²) in [6.45, 7) is 1.89. The number of ether oxygens (including phenoxy) is 3. The number of rotatable bonds is 6. The van der Waals surface area contributed by atoms with Gasteiger partial charge in [0.25, 0.3) is 5.91 Å². The van der Waals surface area contributed by atoms with Gasteiger partial charge in [-0.3, -0.25) is 4.79 Å². The minimum atomic E-state index is -0.322. The maximum absolute atomic E-state index is 13.2. The van der Waals surface area contributed by atoms with Gasteiger partial charge < -0.3 is 19.5 Å². The average molecular weight is 479 g/mol. The van der Waals surface area contributed by atoms with Crippen LogP contribution in [0.2, 0.25) is 0 Å². The zero-order valence-corrected chi connectivity index (χ0v) is 20.4. The van der Waals surface area contributed by atoms with Crippen molar-refractivity contribution in [3.8, 4) is 22.4 Å². The van der Waals surface area contributed by atoms with Crippen molar-refractivity contribution < 1.29 is 19.0 Å². The molecule has 4 aromatic rings. The number of thiazole rings is 1. The third kappa shape index (κ3) is 3.96. The predicted molar refractivity (Wildman–Crippen MR) is 132 cm³/mol. The predicted octanol–water partition coefficient (Wildman–Crippen LogP) is 4.95. The van der Waals surface area contributed by atoms with Gasteiger partial charge in [-0.25, -0.2) is 4.98 Å². The molecule has 2 heterocycles. The van der Waals surface area contributed by atoms with Crippen molar-refractivity contribution in [2.24, 2.45) is 0 Å². The van der Waals surface area contributed by atoms with E-state index in [9.17, 15) is 4.79 Å². The van der Waals surface area contributed by atoms with Crippen LogP contribution in [0.15, 0.2) is 30.3 Å². The number of amides is 1. The Hall–Kier alpha value is -3.59. The van der Waals surface area contributed by atoms with Crippen molar-refractivity contribution in [2.75, 3.05) is 26.6 Å². The molecule has 8 nitrogen and oxygen atoms in total. The Kier molecular flexibility index (Phi) is 5.87. The van der Waals surface area contributed by atoms with Gasteiger partial charge in [-0.05, 0) is 68.0 Å². The first-order valence-electron chi connectivity index (χ1n) is 11.1. The van der Waals surface area contributed by atoms with Crippen LogP contribution in [0, 0.1) is 6.92 Å². The van der Waals surface area contributed by atoms with Crippen LogP contribution >= 0.6 is 11.3 Å². The summed E-state index contributed by atoms with van der Waals surface area (Å²) in [6.07, 6.45) is 4.69. The summed E-state index contributed by atoms with van der Waals surface area (Å²) in [5, 5.41) is 8.27. The molecule has 1 aliphatic rings. The Balaban J connectivity index is 1.49. The minimum Gasteiger partial charge on any atom is -0.493 e. The molecule has 9 heteroatoms. The number of carbonyl (C=O) groups excluding carboxylic acids is 1. The molecule has 176 valence electrons. The van der Waals surface area contributed by atoms with Crippen LogP contribution in [0.3, 0.4) is 0 Å². The molecule has 0 atom stereocenters. The molecule has 1 amide bonds. The van der Waals surface area contributed by atoms with E-state index in [0.29, 0.717) is 33.8 Å². The van der Waals surface area contributed by atoms with Crippen LogP contribution in [-0.4, -0.2) is 42.0 Å². The van der Waals surface area contributed by atoms with E-state index in [-0.39, 0.29) is 5.91 Å². The van der Waals surface area contributed by atoms with Crippen LogP contribution in [0.1, 0.15) is 40.0 Å². The number of nitrogens with zero attached hydrogens (tertiary/aromatic N) is 3. The molecule has 0 spiro atoms. The lowest BCUT2D eigenvalue weighted by Gasteiger charge is -2.14. The molecule has 1 aliphatic carbocycles. The van der Waals surface area contributed by atoms with Gasteiger partial charge in [-0.15, -0.1) is 0 Å². The summed E-state index contributed by atoms with van der Waals surface area (Å²) in [4.78, 5) is 18.0. The van der Waals surface area contributed by atoms with Gasteiger partial charge in [0.05, 0.1) is 37.2 Å². The van der Waals surface area contributed by atoms with Gasteiger partial charge >= 0.3 is 0 Å². The highest BCUT2D eigenvalue weighted by Gasteiger charge is 2.20. The maximum atomic E-state index is 13.2. The molecule has 0 saturated heterocycles. The quantitative estimate of drug-likeness (QED) is 0.422. The summed E-state index contributed by atoms with van der Waals surface area (Å²) in [6, 6.07) is 9.52. The second-order valence-corrected chi connectivity index (χ2v) is 9.25. The monoisotopic (exact) mass is 478 g/mol. The second kappa shape index (κ2) is 8.98. The number of aryl methyl sites for hydroxylation is 3. The third-order valence-electron chi connectivity index (χ3n) is 6.02. The molecule has 0 aliphatic heterocycles. The zero-order valence-electron chi connectivity index (χ0n) is 19.6. The number of aromatic nitrogens is 3. The molecule has 1 N–H and O–H groups in total. The first-order valence-corrected chi connectivity index (χ1v) is 11.9. The van der Waals surface area contributed by atoms with E-state index in [0.717, 1.165) is 28.8 Å². The highest BCUT2D eigenvalue weighted by atomic mass is 32.1. The highest BCUT2D eigenvalue weighted by Crippen LogP contribution is 2.38. The van der Waals surface area contributed by atoms with E-state index < -0.39 is 0 Å². The summed E-state index contributed by atoms with van der Waals surface area (Å²) in [5.41, 5.74) is 4.93. The molecular formula is C25H26N4O4S. The molecule has 0 unspecified atom stereocenters. The zero-order chi connectivity index (χ0) is 23.8. The Morgan fingerprint density at radius 3 is 2.29 bits per heavy atom. The molecule has 2 aromatic heterocycles. The van der Waals surface area contributed by atoms with Crippen molar-refractivity contribution in [3.63, 3.8) is 0 Å². The van der Waals surface area contributed by atoms with E-state index in [4.69, 9.17) is 19.2 Å². The number of carbonyl (C=O) groups is 1. The molecule has 34 heavy (non-hydrogen) atoms. The van der Waals surface area contributed by atoms with Gasteiger partial charge in [-0.2, -0.15) is 9.78 Å². The molecule has 0 fully saturated rings. The van der Waals surface area contributed by atoms with Gasteiger partial charge in [0, 0.05) is 11.6 Å². The summed E-state index contributed by atoms with van der Waals surface area (Å²) < 4.78 is 18.9. The van der Waals surface area contributed by atoms with E-state index in [1.165, 1.54) is 45.3 Å². The fourth-order valence-corrected chi connectivity index (χ4v) is 5.35. The molecule has 2 aromatic carbocycles. The average Bonchev–Trinajstić information content (AvgIpc) is 3.43. The third-order valence-corrected chi connectivity index (χ3v) is 7.02. The van der Waals surface area contributed by atoms with E-state index in [1.807, 2.05) is 13.0 Å². The number of nitrogens with one attached hydrogen (secondary N) is 1. The van der Waals surface area contributed by atoms with Gasteiger partial charge in [0.1, 0.15) is 5.82 Å². The lowest BCUT2D eigenvalue weighted by atomic mass is 9.92. The van der Waals surface area contributed by atoms with Crippen molar-refractivity contribution in [3.05, 3.63) is 52.7 Å². The largest absolute Gasteiger partial charge is 0.493 e. The van der Waals surface area contributed by atoms with Crippen LogP contribution in [0.25, 0.3) is 15.3 Å². The lowest BCUT2D eigenvalue weighted by Crippen LogP contribution is -2.15.